The molecule has 0 heterocycles. The van der Waals surface area contributed by atoms with Gasteiger partial charge in [0.15, 0.2) is 0 Å². The minimum atomic E-state index is 0.438. The third kappa shape index (κ3) is 3.81. The van der Waals surface area contributed by atoms with E-state index >= 15 is 0 Å². The number of allylic oxidation sites excluding steroid dienone is 1. The van der Waals surface area contributed by atoms with E-state index in [-0.39, 0.29) is 0 Å². The monoisotopic (exact) mass is 197 g/mol. The molecular weight excluding hydrogens is 174 g/mol. The van der Waals surface area contributed by atoms with Gasteiger partial charge in [-0.3, -0.25) is 0 Å². The van der Waals surface area contributed by atoms with E-state index in [0.717, 1.165) is 13.2 Å². The van der Waals surface area contributed by atoms with Crippen molar-refractivity contribution in [2.24, 2.45) is 0 Å². The molecule has 14 heavy (non-hydrogen) atoms. The van der Waals surface area contributed by atoms with E-state index in [1.54, 1.807) is 5.57 Å². The summed E-state index contributed by atoms with van der Waals surface area (Å²) in [7, 11) is 2.02. The SMILES string of the molecule is CCOCC(NC)C1=CCCCCC1. The Morgan fingerprint density at radius 2 is 2.29 bits per heavy atom. The molecule has 0 amide bonds. The lowest BCUT2D eigenvalue weighted by molar-refractivity contribution is 0.132. The Morgan fingerprint density at radius 1 is 1.43 bits per heavy atom. The fraction of sp³-hybridized carbons (Fsp3) is 0.833. The van der Waals surface area contributed by atoms with Crippen LogP contribution in [0.2, 0.25) is 0 Å². The highest BCUT2D eigenvalue weighted by atomic mass is 16.5. The van der Waals surface area contributed by atoms with Crippen LogP contribution in [-0.2, 0) is 4.74 Å². The molecule has 1 aliphatic rings. The average molecular weight is 197 g/mol. The molecular formula is C12H23NO. The van der Waals surface area contributed by atoms with Crippen molar-refractivity contribution < 1.29 is 4.74 Å². The largest absolute Gasteiger partial charge is 0.380 e. The zero-order valence-electron chi connectivity index (χ0n) is 9.51. The fourth-order valence-electron chi connectivity index (χ4n) is 1.97. The Kier molecular flexibility index (Phi) is 5.88. The smallest absolute Gasteiger partial charge is 0.0657 e. The summed E-state index contributed by atoms with van der Waals surface area (Å²) in [6, 6.07) is 0.438. The molecule has 0 bridgehead atoms. The number of likely N-dealkylation sites (N-methyl/N-ethyl adjacent to an activating group) is 1. The minimum absolute atomic E-state index is 0.438. The van der Waals surface area contributed by atoms with Crippen LogP contribution >= 0.6 is 0 Å². The van der Waals surface area contributed by atoms with Crippen LogP contribution in [-0.4, -0.2) is 26.3 Å². The quantitative estimate of drug-likeness (QED) is 0.684. The lowest BCUT2D eigenvalue weighted by Crippen LogP contribution is -2.32. The second kappa shape index (κ2) is 7.02. The van der Waals surface area contributed by atoms with Gasteiger partial charge in [-0.25, -0.2) is 0 Å². The van der Waals surface area contributed by atoms with Gasteiger partial charge in [0.05, 0.1) is 12.6 Å². The molecule has 0 aromatic rings. The molecule has 1 atom stereocenters. The summed E-state index contributed by atoms with van der Waals surface area (Å²) in [6.45, 7) is 3.68. The van der Waals surface area contributed by atoms with E-state index in [1.165, 1.54) is 32.1 Å². The maximum atomic E-state index is 5.48. The Hall–Kier alpha value is -0.340. The van der Waals surface area contributed by atoms with Gasteiger partial charge in [-0.05, 0) is 39.7 Å². The molecule has 82 valence electrons. The molecule has 2 nitrogen and oxygen atoms in total. The van der Waals surface area contributed by atoms with Gasteiger partial charge in [0, 0.05) is 6.61 Å². The van der Waals surface area contributed by atoms with Gasteiger partial charge in [-0.1, -0.05) is 18.1 Å². The van der Waals surface area contributed by atoms with E-state index in [2.05, 4.69) is 11.4 Å². The van der Waals surface area contributed by atoms with E-state index in [0.29, 0.717) is 6.04 Å². The number of nitrogens with one attached hydrogen (secondary N) is 1. The van der Waals surface area contributed by atoms with E-state index in [1.807, 2.05) is 14.0 Å². The Bertz CT molecular complexity index is 177. The second-order valence-electron chi connectivity index (χ2n) is 3.88. The molecule has 1 rings (SSSR count). The van der Waals surface area contributed by atoms with E-state index in [4.69, 9.17) is 4.74 Å². The Labute approximate surface area is 87.7 Å². The van der Waals surface area contributed by atoms with Crippen LogP contribution < -0.4 is 5.32 Å². The van der Waals surface area contributed by atoms with Gasteiger partial charge < -0.3 is 10.1 Å². The highest BCUT2D eigenvalue weighted by Crippen LogP contribution is 2.19. The molecule has 0 aromatic carbocycles. The van der Waals surface area contributed by atoms with Crippen LogP contribution in [0.5, 0.6) is 0 Å². The third-order valence-corrected chi connectivity index (χ3v) is 2.86. The topological polar surface area (TPSA) is 21.3 Å². The molecule has 1 N–H and O–H groups in total. The van der Waals surface area contributed by atoms with Crippen LogP contribution in [0.4, 0.5) is 0 Å². The summed E-state index contributed by atoms with van der Waals surface area (Å²) >= 11 is 0. The number of ether oxygens (including phenoxy) is 1. The number of rotatable bonds is 5. The van der Waals surface area contributed by atoms with Crippen LogP contribution in [0.1, 0.15) is 39.0 Å². The number of hydrogen-bond donors (Lipinski definition) is 1. The fourth-order valence-corrected chi connectivity index (χ4v) is 1.97. The van der Waals surface area contributed by atoms with Crippen LogP contribution in [0, 0.1) is 0 Å². The Morgan fingerprint density at radius 3 is 3.00 bits per heavy atom. The van der Waals surface area contributed by atoms with Crippen molar-refractivity contribution in [3.05, 3.63) is 11.6 Å². The third-order valence-electron chi connectivity index (χ3n) is 2.86. The molecule has 0 saturated carbocycles. The predicted molar refractivity (Wildman–Crippen MR) is 60.5 cm³/mol. The zero-order chi connectivity index (χ0) is 10.2. The second-order valence-corrected chi connectivity index (χ2v) is 3.88. The lowest BCUT2D eigenvalue weighted by Gasteiger charge is -2.19. The normalized spacial score (nSPS) is 20.0. The lowest BCUT2D eigenvalue weighted by atomic mass is 10.0. The van der Waals surface area contributed by atoms with Gasteiger partial charge >= 0.3 is 0 Å². The average Bonchev–Trinajstić information content (AvgIpc) is 2.48. The molecule has 1 unspecified atom stereocenters. The molecule has 0 aliphatic heterocycles. The van der Waals surface area contributed by atoms with Crippen molar-refractivity contribution in [3.8, 4) is 0 Å². The summed E-state index contributed by atoms with van der Waals surface area (Å²) < 4.78 is 5.48. The summed E-state index contributed by atoms with van der Waals surface area (Å²) in [5.74, 6) is 0. The van der Waals surface area contributed by atoms with Crippen molar-refractivity contribution in [1.82, 2.24) is 5.32 Å². The van der Waals surface area contributed by atoms with Gasteiger partial charge in [-0.15, -0.1) is 0 Å². The van der Waals surface area contributed by atoms with Crippen molar-refractivity contribution in [3.63, 3.8) is 0 Å². The summed E-state index contributed by atoms with van der Waals surface area (Å²) in [5, 5.41) is 3.34. The van der Waals surface area contributed by atoms with Crippen molar-refractivity contribution in [2.45, 2.75) is 45.1 Å². The zero-order valence-corrected chi connectivity index (χ0v) is 9.51. The van der Waals surface area contributed by atoms with E-state index in [9.17, 15) is 0 Å². The first-order valence-corrected chi connectivity index (χ1v) is 5.82. The molecule has 2 heteroatoms. The maximum Gasteiger partial charge on any atom is 0.0657 e. The molecule has 0 aromatic heterocycles. The Balaban J connectivity index is 2.44. The van der Waals surface area contributed by atoms with Gasteiger partial charge in [-0.2, -0.15) is 0 Å². The van der Waals surface area contributed by atoms with Crippen LogP contribution in [0.25, 0.3) is 0 Å². The van der Waals surface area contributed by atoms with E-state index < -0.39 is 0 Å². The molecule has 0 saturated heterocycles. The summed E-state index contributed by atoms with van der Waals surface area (Å²) in [5.41, 5.74) is 1.55. The minimum Gasteiger partial charge on any atom is -0.380 e. The number of hydrogen-bond acceptors (Lipinski definition) is 2. The highest BCUT2D eigenvalue weighted by Gasteiger charge is 2.13. The first-order chi connectivity index (χ1) is 6.88. The molecule has 0 spiro atoms. The summed E-state index contributed by atoms with van der Waals surface area (Å²) in [4.78, 5) is 0. The van der Waals surface area contributed by atoms with Gasteiger partial charge in [0.2, 0.25) is 0 Å². The molecule has 1 aliphatic carbocycles. The van der Waals surface area contributed by atoms with Crippen molar-refractivity contribution in [2.75, 3.05) is 20.3 Å². The standard InChI is InChI=1S/C12H23NO/c1-3-14-10-12(13-2)11-8-6-4-5-7-9-11/h8,12-13H,3-7,9-10H2,1-2H3. The van der Waals surface area contributed by atoms with Crippen LogP contribution in [0.3, 0.4) is 0 Å². The molecule has 0 fully saturated rings. The van der Waals surface area contributed by atoms with Gasteiger partial charge in [0.25, 0.3) is 0 Å². The van der Waals surface area contributed by atoms with Gasteiger partial charge in [0.1, 0.15) is 0 Å². The molecule has 0 radical (unpaired) electrons. The summed E-state index contributed by atoms with van der Waals surface area (Å²) in [6.07, 6.45) is 8.99. The first-order valence-electron chi connectivity index (χ1n) is 5.82. The van der Waals surface area contributed by atoms with Crippen molar-refractivity contribution >= 4 is 0 Å². The highest BCUT2D eigenvalue weighted by molar-refractivity contribution is 5.12. The predicted octanol–water partition coefficient (Wildman–Crippen LogP) is 2.50. The maximum absolute atomic E-state index is 5.48. The van der Waals surface area contributed by atoms with Crippen molar-refractivity contribution in [1.29, 1.82) is 0 Å². The first kappa shape index (κ1) is 11.7. The van der Waals surface area contributed by atoms with Crippen LogP contribution in [0.15, 0.2) is 11.6 Å².